The topological polar surface area (TPSA) is 24.9 Å². The standard InChI is InChI=1S/C13H12Br2N2/c1-9(10-4-6-11(14)7-5-10)17-12-3-2-8-16-13(12)15/h2-9,17H,1H3. The second-order valence-electron chi connectivity index (χ2n) is 3.76. The molecule has 1 aromatic carbocycles. The van der Waals surface area contributed by atoms with Gasteiger partial charge in [0.15, 0.2) is 0 Å². The third kappa shape index (κ3) is 3.30. The molecule has 88 valence electrons. The molecule has 4 heteroatoms. The maximum absolute atomic E-state index is 4.19. The third-order valence-electron chi connectivity index (χ3n) is 2.50. The Morgan fingerprint density at radius 1 is 1.12 bits per heavy atom. The van der Waals surface area contributed by atoms with E-state index in [-0.39, 0.29) is 6.04 Å². The lowest BCUT2D eigenvalue weighted by molar-refractivity contribution is 0.880. The molecule has 0 bridgehead atoms. The Balaban J connectivity index is 2.14. The lowest BCUT2D eigenvalue weighted by Crippen LogP contribution is -2.07. The first-order valence-corrected chi connectivity index (χ1v) is 6.88. The van der Waals surface area contributed by atoms with Gasteiger partial charge in [0.25, 0.3) is 0 Å². The van der Waals surface area contributed by atoms with Crippen LogP contribution in [0.1, 0.15) is 18.5 Å². The average molecular weight is 356 g/mol. The van der Waals surface area contributed by atoms with Crippen LogP contribution in [0, 0.1) is 0 Å². The molecule has 0 aliphatic carbocycles. The summed E-state index contributed by atoms with van der Waals surface area (Å²) in [6.45, 7) is 2.13. The average Bonchev–Trinajstić information content (AvgIpc) is 2.33. The highest BCUT2D eigenvalue weighted by Gasteiger charge is 2.07. The molecule has 0 saturated heterocycles. The molecule has 1 heterocycles. The Hall–Kier alpha value is -0.870. The molecule has 17 heavy (non-hydrogen) atoms. The largest absolute Gasteiger partial charge is 0.376 e. The molecule has 0 fully saturated rings. The van der Waals surface area contributed by atoms with Crippen molar-refractivity contribution in [3.05, 3.63) is 57.2 Å². The van der Waals surface area contributed by atoms with Gasteiger partial charge in [-0.15, -0.1) is 0 Å². The van der Waals surface area contributed by atoms with E-state index in [4.69, 9.17) is 0 Å². The van der Waals surface area contributed by atoms with Crippen LogP contribution in [-0.2, 0) is 0 Å². The SMILES string of the molecule is CC(Nc1cccnc1Br)c1ccc(Br)cc1. The predicted octanol–water partition coefficient (Wildman–Crippen LogP) is 4.78. The third-order valence-corrected chi connectivity index (χ3v) is 3.66. The Morgan fingerprint density at radius 3 is 2.47 bits per heavy atom. The minimum atomic E-state index is 0.239. The summed E-state index contributed by atoms with van der Waals surface area (Å²) in [6.07, 6.45) is 1.76. The molecule has 1 N–H and O–H groups in total. The second kappa shape index (κ2) is 5.65. The molecular formula is C13H12Br2N2. The van der Waals surface area contributed by atoms with Gasteiger partial charge in [0.2, 0.25) is 0 Å². The molecule has 1 atom stereocenters. The lowest BCUT2D eigenvalue weighted by Gasteiger charge is -2.16. The molecule has 2 aromatic rings. The van der Waals surface area contributed by atoms with Crippen molar-refractivity contribution in [2.75, 3.05) is 5.32 Å². The molecule has 2 nitrogen and oxygen atoms in total. The first-order chi connectivity index (χ1) is 8.16. The normalized spacial score (nSPS) is 12.2. The smallest absolute Gasteiger partial charge is 0.129 e. The van der Waals surface area contributed by atoms with Gasteiger partial charge in [-0.3, -0.25) is 0 Å². The minimum absolute atomic E-state index is 0.239. The summed E-state index contributed by atoms with van der Waals surface area (Å²) >= 11 is 6.86. The van der Waals surface area contributed by atoms with Gasteiger partial charge >= 0.3 is 0 Å². The molecule has 0 aliphatic heterocycles. The van der Waals surface area contributed by atoms with Gasteiger partial charge in [-0.2, -0.15) is 0 Å². The summed E-state index contributed by atoms with van der Waals surface area (Å²) in [4.78, 5) is 4.19. The van der Waals surface area contributed by atoms with Crippen LogP contribution in [0.5, 0.6) is 0 Å². The lowest BCUT2D eigenvalue weighted by atomic mass is 10.1. The fourth-order valence-corrected chi connectivity index (χ4v) is 2.19. The van der Waals surface area contributed by atoms with Crippen molar-refractivity contribution >= 4 is 37.5 Å². The summed E-state index contributed by atoms with van der Waals surface area (Å²) in [5.41, 5.74) is 2.24. The van der Waals surface area contributed by atoms with Crippen molar-refractivity contribution in [3.63, 3.8) is 0 Å². The molecule has 1 unspecified atom stereocenters. The molecule has 2 rings (SSSR count). The Morgan fingerprint density at radius 2 is 1.82 bits per heavy atom. The Kier molecular flexibility index (Phi) is 4.18. The highest BCUT2D eigenvalue weighted by Crippen LogP contribution is 2.25. The number of halogens is 2. The molecule has 0 saturated carbocycles. The quantitative estimate of drug-likeness (QED) is 0.801. The van der Waals surface area contributed by atoms with E-state index in [1.165, 1.54) is 5.56 Å². The van der Waals surface area contributed by atoms with Crippen LogP contribution in [0.3, 0.4) is 0 Å². The van der Waals surface area contributed by atoms with Gasteiger partial charge in [0.1, 0.15) is 4.60 Å². The summed E-state index contributed by atoms with van der Waals surface area (Å²) in [5.74, 6) is 0. The number of benzene rings is 1. The van der Waals surface area contributed by atoms with E-state index in [1.807, 2.05) is 24.3 Å². The van der Waals surface area contributed by atoms with E-state index in [1.54, 1.807) is 6.20 Å². The number of hydrogen-bond acceptors (Lipinski definition) is 2. The van der Waals surface area contributed by atoms with Crippen molar-refractivity contribution in [2.24, 2.45) is 0 Å². The monoisotopic (exact) mass is 354 g/mol. The molecule has 1 aromatic heterocycles. The zero-order valence-corrected chi connectivity index (χ0v) is 12.5. The number of nitrogens with zero attached hydrogens (tertiary/aromatic N) is 1. The van der Waals surface area contributed by atoms with Crippen molar-refractivity contribution < 1.29 is 0 Å². The Labute approximate surface area is 118 Å². The zero-order chi connectivity index (χ0) is 12.3. The molecule has 0 amide bonds. The van der Waals surface area contributed by atoms with Crippen LogP contribution < -0.4 is 5.32 Å². The van der Waals surface area contributed by atoms with Crippen molar-refractivity contribution in [2.45, 2.75) is 13.0 Å². The summed E-state index contributed by atoms with van der Waals surface area (Å²) < 4.78 is 1.93. The first kappa shape index (κ1) is 12.6. The van der Waals surface area contributed by atoms with Crippen LogP contribution in [0.25, 0.3) is 0 Å². The maximum Gasteiger partial charge on any atom is 0.129 e. The van der Waals surface area contributed by atoms with Crippen LogP contribution in [0.4, 0.5) is 5.69 Å². The fourth-order valence-electron chi connectivity index (χ4n) is 1.56. The van der Waals surface area contributed by atoms with Crippen molar-refractivity contribution in [1.29, 1.82) is 0 Å². The van der Waals surface area contributed by atoms with E-state index in [2.05, 4.69) is 61.2 Å². The number of anilines is 1. The van der Waals surface area contributed by atoms with Gasteiger partial charge in [-0.05, 0) is 52.7 Å². The van der Waals surface area contributed by atoms with Crippen LogP contribution in [0.15, 0.2) is 51.7 Å². The van der Waals surface area contributed by atoms with Crippen LogP contribution >= 0.6 is 31.9 Å². The summed E-state index contributed by atoms with van der Waals surface area (Å²) in [7, 11) is 0. The van der Waals surface area contributed by atoms with Crippen molar-refractivity contribution in [1.82, 2.24) is 4.98 Å². The van der Waals surface area contributed by atoms with Gasteiger partial charge in [0.05, 0.1) is 5.69 Å². The van der Waals surface area contributed by atoms with Gasteiger partial charge in [0, 0.05) is 16.7 Å². The van der Waals surface area contributed by atoms with Gasteiger partial charge < -0.3 is 5.32 Å². The fraction of sp³-hybridized carbons (Fsp3) is 0.154. The molecule has 0 aliphatic rings. The second-order valence-corrected chi connectivity index (χ2v) is 5.43. The maximum atomic E-state index is 4.19. The zero-order valence-electron chi connectivity index (χ0n) is 9.32. The molecule has 0 radical (unpaired) electrons. The van der Waals surface area contributed by atoms with Gasteiger partial charge in [-0.1, -0.05) is 28.1 Å². The van der Waals surface area contributed by atoms with Crippen LogP contribution in [0.2, 0.25) is 0 Å². The van der Waals surface area contributed by atoms with Gasteiger partial charge in [-0.25, -0.2) is 4.98 Å². The minimum Gasteiger partial charge on any atom is -0.376 e. The summed E-state index contributed by atoms with van der Waals surface area (Å²) in [6, 6.07) is 12.5. The summed E-state index contributed by atoms with van der Waals surface area (Å²) in [5, 5.41) is 3.42. The molecular weight excluding hydrogens is 344 g/mol. The number of aromatic nitrogens is 1. The van der Waals surface area contributed by atoms with Crippen molar-refractivity contribution in [3.8, 4) is 0 Å². The van der Waals surface area contributed by atoms with E-state index in [0.717, 1.165) is 14.8 Å². The van der Waals surface area contributed by atoms with Crippen LogP contribution in [-0.4, -0.2) is 4.98 Å². The highest BCUT2D eigenvalue weighted by atomic mass is 79.9. The predicted molar refractivity (Wildman–Crippen MR) is 78.1 cm³/mol. The number of nitrogens with one attached hydrogen (secondary N) is 1. The number of pyridine rings is 1. The number of hydrogen-bond donors (Lipinski definition) is 1. The first-order valence-electron chi connectivity index (χ1n) is 5.29. The van der Waals surface area contributed by atoms with E-state index in [0.29, 0.717) is 0 Å². The van der Waals surface area contributed by atoms with E-state index < -0.39 is 0 Å². The number of rotatable bonds is 3. The van der Waals surface area contributed by atoms with E-state index >= 15 is 0 Å². The molecule has 0 spiro atoms. The van der Waals surface area contributed by atoms with E-state index in [9.17, 15) is 0 Å². The highest BCUT2D eigenvalue weighted by molar-refractivity contribution is 9.10. The Bertz CT molecular complexity index is 497.